The first kappa shape index (κ1) is 22.9. The Labute approximate surface area is 148 Å². The summed E-state index contributed by atoms with van der Waals surface area (Å²) in [5.41, 5.74) is 0. The van der Waals surface area contributed by atoms with Crippen LogP contribution in [0.5, 0.6) is 0 Å². The van der Waals surface area contributed by atoms with Gasteiger partial charge in [-0.25, -0.2) is 0 Å². The van der Waals surface area contributed by atoms with Crippen LogP contribution in [0.1, 0.15) is 104 Å². The van der Waals surface area contributed by atoms with Crippen LogP contribution >= 0.6 is 0 Å². The molecule has 0 fully saturated rings. The van der Waals surface area contributed by atoms with Crippen LogP contribution in [0.15, 0.2) is 0 Å². The van der Waals surface area contributed by atoms with E-state index >= 15 is 0 Å². The van der Waals surface area contributed by atoms with Crippen molar-refractivity contribution in [3.05, 3.63) is 0 Å². The van der Waals surface area contributed by atoms with E-state index in [-0.39, 0.29) is 18.0 Å². The van der Waals surface area contributed by atoms with Crippen molar-refractivity contribution in [2.24, 2.45) is 0 Å². The molecule has 0 aliphatic carbocycles. The summed E-state index contributed by atoms with van der Waals surface area (Å²) in [5.74, 6) is -0.128. The SMILES string of the molecule is CCCCC(CCC)OC(=O)CCCCCCCCC(=O)OCC. The Hall–Kier alpha value is -1.06. The maximum Gasteiger partial charge on any atom is 0.306 e. The monoisotopic (exact) mass is 342 g/mol. The summed E-state index contributed by atoms with van der Waals surface area (Å²) in [6, 6.07) is 0. The normalized spacial score (nSPS) is 12.0. The Morgan fingerprint density at radius 2 is 1.29 bits per heavy atom. The third kappa shape index (κ3) is 14.5. The Bertz CT molecular complexity index is 315. The Kier molecular flexibility index (Phi) is 16.0. The average Bonchev–Trinajstić information content (AvgIpc) is 2.55. The fourth-order valence-electron chi connectivity index (χ4n) is 2.74. The Morgan fingerprint density at radius 1 is 0.708 bits per heavy atom. The van der Waals surface area contributed by atoms with E-state index in [1.54, 1.807) is 0 Å². The van der Waals surface area contributed by atoms with Gasteiger partial charge in [-0.15, -0.1) is 0 Å². The highest BCUT2D eigenvalue weighted by atomic mass is 16.5. The lowest BCUT2D eigenvalue weighted by molar-refractivity contribution is -0.150. The molecule has 0 aliphatic rings. The van der Waals surface area contributed by atoms with E-state index in [0.29, 0.717) is 19.4 Å². The second-order valence-electron chi connectivity index (χ2n) is 6.47. The molecule has 1 atom stereocenters. The van der Waals surface area contributed by atoms with Gasteiger partial charge in [-0.05, 0) is 32.6 Å². The molecular weight excluding hydrogens is 304 g/mol. The number of esters is 2. The summed E-state index contributed by atoms with van der Waals surface area (Å²) in [6.07, 6.45) is 12.6. The molecule has 0 aromatic heterocycles. The van der Waals surface area contributed by atoms with Crippen molar-refractivity contribution in [1.82, 2.24) is 0 Å². The molecule has 0 aromatic carbocycles. The predicted octanol–water partition coefficient (Wildman–Crippen LogP) is 5.57. The molecule has 0 spiro atoms. The van der Waals surface area contributed by atoms with Crippen LogP contribution in [0.25, 0.3) is 0 Å². The van der Waals surface area contributed by atoms with Gasteiger partial charge in [0.25, 0.3) is 0 Å². The van der Waals surface area contributed by atoms with Gasteiger partial charge in [0.15, 0.2) is 0 Å². The van der Waals surface area contributed by atoms with Gasteiger partial charge in [-0.1, -0.05) is 58.8 Å². The minimum atomic E-state index is -0.0926. The van der Waals surface area contributed by atoms with Gasteiger partial charge in [0.1, 0.15) is 6.10 Å². The van der Waals surface area contributed by atoms with Crippen molar-refractivity contribution in [2.45, 2.75) is 110 Å². The lowest BCUT2D eigenvalue weighted by Crippen LogP contribution is -2.18. The summed E-state index contributed by atoms with van der Waals surface area (Å²) < 4.78 is 10.5. The van der Waals surface area contributed by atoms with E-state index in [0.717, 1.165) is 70.6 Å². The molecule has 0 N–H and O–H groups in total. The zero-order valence-electron chi connectivity index (χ0n) is 16.1. The van der Waals surface area contributed by atoms with E-state index in [1.165, 1.54) is 0 Å². The molecule has 0 aromatic rings. The minimum Gasteiger partial charge on any atom is -0.466 e. The number of carbonyl (C=O) groups is 2. The molecule has 0 saturated heterocycles. The first-order valence-electron chi connectivity index (χ1n) is 9.99. The van der Waals surface area contributed by atoms with E-state index < -0.39 is 0 Å². The maximum atomic E-state index is 11.9. The second-order valence-corrected chi connectivity index (χ2v) is 6.47. The van der Waals surface area contributed by atoms with Gasteiger partial charge < -0.3 is 9.47 Å². The van der Waals surface area contributed by atoms with Crippen molar-refractivity contribution in [3.8, 4) is 0 Å². The number of unbranched alkanes of at least 4 members (excludes halogenated alkanes) is 6. The largest absolute Gasteiger partial charge is 0.466 e. The van der Waals surface area contributed by atoms with E-state index in [2.05, 4.69) is 13.8 Å². The van der Waals surface area contributed by atoms with E-state index in [1.807, 2.05) is 6.92 Å². The first-order valence-corrected chi connectivity index (χ1v) is 9.99. The highest BCUT2D eigenvalue weighted by Crippen LogP contribution is 2.14. The average molecular weight is 343 g/mol. The standard InChI is InChI=1S/C20H38O4/c1-4-7-15-18(14-5-2)24-20(22)17-13-11-9-8-10-12-16-19(21)23-6-3/h18H,4-17H2,1-3H3. The van der Waals surface area contributed by atoms with Crippen molar-refractivity contribution < 1.29 is 19.1 Å². The van der Waals surface area contributed by atoms with Gasteiger partial charge in [-0.2, -0.15) is 0 Å². The fourth-order valence-corrected chi connectivity index (χ4v) is 2.74. The van der Waals surface area contributed by atoms with Crippen molar-refractivity contribution in [1.29, 1.82) is 0 Å². The third-order valence-corrected chi connectivity index (χ3v) is 4.11. The van der Waals surface area contributed by atoms with Crippen LogP contribution in [-0.2, 0) is 19.1 Å². The first-order chi connectivity index (χ1) is 11.6. The molecule has 24 heavy (non-hydrogen) atoms. The molecule has 1 unspecified atom stereocenters. The summed E-state index contributed by atoms with van der Waals surface area (Å²) >= 11 is 0. The smallest absolute Gasteiger partial charge is 0.306 e. The van der Waals surface area contributed by atoms with Crippen molar-refractivity contribution in [2.75, 3.05) is 6.61 Å². The highest BCUT2D eigenvalue weighted by molar-refractivity contribution is 5.69. The number of ether oxygens (including phenoxy) is 2. The predicted molar refractivity (Wildman–Crippen MR) is 97.9 cm³/mol. The topological polar surface area (TPSA) is 52.6 Å². The molecule has 0 radical (unpaired) electrons. The fraction of sp³-hybridized carbons (Fsp3) is 0.900. The summed E-state index contributed by atoms with van der Waals surface area (Å²) in [5, 5.41) is 0. The summed E-state index contributed by atoms with van der Waals surface area (Å²) in [7, 11) is 0. The summed E-state index contributed by atoms with van der Waals surface area (Å²) in [4.78, 5) is 23.1. The molecule has 0 rings (SSSR count). The number of hydrogen-bond acceptors (Lipinski definition) is 4. The molecule has 0 amide bonds. The van der Waals surface area contributed by atoms with Crippen LogP contribution < -0.4 is 0 Å². The van der Waals surface area contributed by atoms with Crippen molar-refractivity contribution >= 4 is 11.9 Å². The molecular formula is C20H38O4. The molecule has 4 heteroatoms. The van der Waals surface area contributed by atoms with Gasteiger partial charge in [-0.3, -0.25) is 9.59 Å². The lowest BCUT2D eigenvalue weighted by Gasteiger charge is -2.17. The molecule has 142 valence electrons. The Morgan fingerprint density at radius 3 is 1.83 bits per heavy atom. The van der Waals surface area contributed by atoms with Crippen LogP contribution in [0.4, 0.5) is 0 Å². The van der Waals surface area contributed by atoms with E-state index in [9.17, 15) is 9.59 Å². The maximum absolute atomic E-state index is 11.9. The third-order valence-electron chi connectivity index (χ3n) is 4.11. The van der Waals surface area contributed by atoms with Gasteiger partial charge in [0.2, 0.25) is 0 Å². The minimum absolute atomic E-state index is 0.0353. The number of carbonyl (C=O) groups excluding carboxylic acids is 2. The second kappa shape index (κ2) is 16.8. The van der Waals surface area contributed by atoms with Crippen LogP contribution in [0, 0.1) is 0 Å². The summed E-state index contributed by atoms with van der Waals surface area (Å²) in [6.45, 7) is 6.59. The molecule has 4 nitrogen and oxygen atoms in total. The van der Waals surface area contributed by atoms with Crippen molar-refractivity contribution in [3.63, 3.8) is 0 Å². The van der Waals surface area contributed by atoms with Gasteiger partial charge >= 0.3 is 11.9 Å². The van der Waals surface area contributed by atoms with Crippen LogP contribution in [-0.4, -0.2) is 24.6 Å². The highest BCUT2D eigenvalue weighted by Gasteiger charge is 2.12. The zero-order chi connectivity index (χ0) is 18.0. The van der Waals surface area contributed by atoms with Crippen LogP contribution in [0.3, 0.4) is 0 Å². The molecule has 0 aliphatic heterocycles. The molecule has 0 saturated carbocycles. The molecule has 0 bridgehead atoms. The Balaban J connectivity index is 3.55. The van der Waals surface area contributed by atoms with Gasteiger partial charge in [0, 0.05) is 12.8 Å². The van der Waals surface area contributed by atoms with E-state index in [4.69, 9.17) is 9.47 Å². The molecule has 0 heterocycles. The quantitative estimate of drug-likeness (QED) is 0.272. The number of rotatable bonds is 16. The zero-order valence-corrected chi connectivity index (χ0v) is 16.1. The van der Waals surface area contributed by atoms with Crippen LogP contribution in [0.2, 0.25) is 0 Å². The lowest BCUT2D eigenvalue weighted by atomic mass is 10.1. The van der Waals surface area contributed by atoms with Gasteiger partial charge in [0.05, 0.1) is 6.61 Å². The number of hydrogen-bond donors (Lipinski definition) is 0.